The first-order valence-electron chi connectivity index (χ1n) is 7.36. The van der Waals surface area contributed by atoms with Crippen LogP contribution in [-0.4, -0.2) is 67.7 Å². The van der Waals surface area contributed by atoms with Crippen LogP contribution in [0, 0.1) is 5.92 Å². The molecule has 1 saturated heterocycles. The Labute approximate surface area is 121 Å². The summed E-state index contributed by atoms with van der Waals surface area (Å²) in [5.74, 6) is 0.0243. The summed E-state index contributed by atoms with van der Waals surface area (Å²) in [6.45, 7) is 9.24. The molecule has 0 aromatic heterocycles. The second-order valence-electron chi connectivity index (χ2n) is 5.57. The molecule has 1 N–H and O–H groups in total. The first-order valence-corrected chi connectivity index (χ1v) is 7.36. The van der Waals surface area contributed by atoms with Crippen LogP contribution >= 0.6 is 0 Å². The van der Waals surface area contributed by atoms with Crippen molar-refractivity contribution < 1.29 is 14.3 Å². The lowest BCUT2D eigenvalue weighted by atomic mass is 10.0. The van der Waals surface area contributed by atoms with Crippen molar-refractivity contribution in [2.45, 2.75) is 33.2 Å². The number of alkyl carbamates (subject to hydrolysis) is 1. The number of likely N-dealkylation sites (N-methyl/N-ethyl adjacent to an activating group) is 1. The van der Waals surface area contributed by atoms with Gasteiger partial charge in [-0.25, -0.2) is 4.79 Å². The fourth-order valence-electron chi connectivity index (χ4n) is 2.28. The zero-order chi connectivity index (χ0) is 15.1. The molecule has 1 unspecified atom stereocenters. The Balaban J connectivity index is 2.65. The molecule has 1 heterocycles. The van der Waals surface area contributed by atoms with Gasteiger partial charge in [0.05, 0.1) is 6.61 Å². The largest absolute Gasteiger partial charge is 0.450 e. The van der Waals surface area contributed by atoms with E-state index in [0.29, 0.717) is 13.2 Å². The lowest BCUT2D eigenvalue weighted by molar-refractivity contribution is -0.134. The Hall–Kier alpha value is -1.30. The van der Waals surface area contributed by atoms with Gasteiger partial charge < -0.3 is 19.9 Å². The molecule has 0 saturated carbocycles. The van der Waals surface area contributed by atoms with E-state index < -0.39 is 12.1 Å². The predicted octanol–water partition coefficient (Wildman–Crippen LogP) is 0.921. The molecule has 0 bridgehead atoms. The molecule has 116 valence electrons. The lowest BCUT2D eigenvalue weighted by Gasteiger charge is -2.28. The van der Waals surface area contributed by atoms with Crippen LogP contribution in [-0.2, 0) is 9.53 Å². The first-order chi connectivity index (χ1) is 9.45. The normalized spacial score (nSPS) is 18.6. The summed E-state index contributed by atoms with van der Waals surface area (Å²) in [6.07, 6.45) is 0.443. The Morgan fingerprint density at radius 1 is 1.20 bits per heavy atom. The standard InChI is InChI=1S/C14H27N3O3/c1-5-20-14(19)15-12(11(2)3)13(18)17-8-6-7-16(4)9-10-17/h11-12H,5-10H2,1-4H3,(H,15,19). The average molecular weight is 285 g/mol. The lowest BCUT2D eigenvalue weighted by Crippen LogP contribution is -2.52. The summed E-state index contributed by atoms with van der Waals surface area (Å²) < 4.78 is 4.87. The van der Waals surface area contributed by atoms with Gasteiger partial charge in [-0.1, -0.05) is 13.8 Å². The Morgan fingerprint density at radius 2 is 1.90 bits per heavy atom. The summed E-state index contributed by atoms with van der Waals surface area (Å²) in [7, 11) is 2.06. The summed E-state index contributed by atoms with van der Waals surface area (Å²) in [6, 6.07) is -0.516. The number of carbonyl (C=O) groups excluding carboxylic acids is 2. The van der Waals surface area contributed by atoms with Crippen LogP contribution in [0.5, 0.6) is 0 Å². The van der Waals surface area contributed by atoms with E-state index in [1.807, 2.05) is 18.7 Å². The number of hydrogen-bond donors (Lipinski definition) is 1. The van der Waals surface area contributed by atoms with Crippen molar-refractivity contribution >= 4 is 12.0 Å². The number of ether oxygens (including phenoxy) is 1. The van der Waals surface area contributed by atoms with E-state index >= 15 is 0 Å². The second-order valence-corrected chi connectivity index (χ2v) is 5.57. The van der Waals surface area contributed by atoms with E-state index in [1.54, 1.807) is 6.92 Å². The summed E-state index contributed by atoms with van der Waals surface area (Å²) in [4.78, 5) is 28.2. The maximum absolute atomic E-state index is 12.6. The van der Waals surface area contributed by atoms with Crippen molar-refractivity contribution in [3.05, 3.63) is 0 Å². The molecule has 1 aliphatic heterocycles. The summed E-state index contributed by atoms with van der Waals surface area (Å²) in [5.41, 5.74) is 0. The molecule has 0 aromatic carbocycles. The second kappa shape index (κ2) is 8.09. The van der Waals surface area contributed by atoms with E-state index in [4.69, 9.17) is 4.74 Å². The molecule has 1 atom stereocenters. The number of nitrogens with zero attached hydrogens (tertiary/aromatic N) is 2. The quantitative estimate of drug-likeness (QED) is 0.834. The van der Waals surface area contributed by atoms with Crippen molar-refractivity contribution in [2.24, 2.45) is 5.92 Å². The van der Waals surface area contributed by atoms with E-state index in [2.05, 4.69) is 17.3 Å². The summed E-state index contributed by atoms with van der Waals surface area (Å²) in [5, 5.41) is 2.68. The molecule has 1 aliphatic rings. The van der Waals surface area contributed by atoms with Crippen LogP contribution in [0.2, 0.25) is 0 Å². The SMILES string of the molecule is CCOC(=O)NC(C(=O)N1CCCN(C)CC1)C(C)C. The highest BCUT2D eigenvalue weighted by Crippen LogP contribution is 2.09. The van der Waals surface area contributed by atoms with Gasteiger partial charge in [-0.15, -0.1) is 0 Å². The maximum atomic E-state index is 12.6. The number of carbonyl (C=O) groups is 2. The Kier molecular flexibility index (Phi) is 6.78. The van der Waals surface area contributed by atoms with Gasteiger partial charge in [-0.2, -0.15) is 0 Å². The minimum atomic E-state index is -0.522. The van der Waals surface area contributed by atoms with Crippen molar-refractivity contribution in [2.75, 3.05) is 39.8 Å². The molecule has 6 heteroatoms. The third kappa shape index (κ3) is 5.00. The average Bonchev–Trinajstić information content (AvgIpc) is 2.60. The fraction of sp³-hybridized carbons (Fsp3) is 0.857. The van der Waals surface area contributed by atoms with Gasteiger partial charge in [0, 0.05) is 19.6 Å². The molecule has 20 heavy (non-hydrogen) atoms. The van der Waals surface area contributed by atoms with Crippen molar-refractivity contribution in [3.63, 3.8) is 0 Å². The van der Waals surface area contributed by atoms with Crippen LogP contribution in [0.15, 0.2) is 0 Å². The van der Waals surface area contributed by atoms with Crippen LogP contribution in [0.1, 0.15) is 27.2 Å². The smallest absolute Gasteiger partial charge is 0.407 e. The molecule has 2 amide bonds. The van der Waals surface area contributed by atoms with Gasteiger partial charge in [0.1, 0.15) is 6.04 Å². The molecule has 1 fully saturated rings. The van der Waals surface area contributed by atoms with E-state index in [1.165, 1.54) is 0 Å². The van der Waals surface area contributed by atoms with Crippen molar-refractivity contribution in [3.8, 4) is 0 Å². The molecule has 0 radical (unpaired) electrons. The van der Waals surface area contributed by atoms with Gasteiger partial charge >= 0.3 is 6.09 Å². The predicted molar refractivity (Wildman–Crippen MR) is 77.5 cm³/mol. The molecular formula is C14H27N3O3. The van der Waals surface area contributed by atoms with Crippen molar-refractivity contribution in [1.29, 1.82) is 0 Å². The zero-order valence-electron chi connectivity index (χ0n) is 13.0. The third-order valence-corrected chi connectivity index (χ3v) is 3.51. The van der Waals surface area contributed by atoms with Gasteiger partial charge in [0.2, 0.25) is 5.91 Å². The van der Waals surface area contributed by atoms with E-state index in [9.17, 15) is 9.59 Å². The molecular weight excluding hydrogens is 258 g/mol. The van der Waals surface area contributed by atoms with Gasteiger partial charge in [-0.3, -0.25) is 4.79 Å². The van der Waals surface area contributed by atoms with Crippen LogP contribution < -0.4 is 5.32 Å². The highest BCUT2D eigenvalue weighted by Gasteiger charge is 2.29. The monoisotopic (exact) mass is 285 g/mol. The first kappa shape index (κ1) is 16.8. The zero-order valence-corrected chi connectivity index (χ0v) is 13.0. The number of nitrogens with one attached hydrogen (secondary N) is 1. The molecule has 0 spiro atoms. The number of hydrogen-bond acceptors (Lipinski definition) is 4. The highest BCUT2D eigenvalue weighted by molar-refractivity contribution is 5.86. The van der Waals surface area contributed by atoms with Crippen LogP contribution in [0.3, 0.4) is 0 Å². The van der Waals surface area contributed by atoms with Crippen molar-refractivity contribution in [1.82, 2.24) is 15.1 Å². The number of amides is 2. The third-order valence-electron chi connectivity index (χ3n) is 3.51. The molecule has 0 aliphatic carbocycles. The fourth-order valence-corrected chi connectivity index (χ4v) is 2.28. The Morgan fingerprint density at radius 3 is 2.50 bits per heavy atom. The summed E-state index contributed by atoms with van der Waals surface area (Å²) >= 11 is 0. The topological polar surface area (TPSA) is 61.9 Å². The highest BCUT2D eigenvalue weighted by atomic mass is 16.5. The minimum absolute atomic E-state index is 0.0108. The van der Waals surface area contributed by atoms with Gasteiger partial charge in [0.15, 0.2) is 0 Å². The van der Waals surface area contributed by atoms with Crippen LogP contribution in [0.25, 0.3) is 0 Å². The molecule has 0 aromatic rings. The van der Waals surface area contributed by atoms with Crippen LogP contribution in [0.4, 0.5) is 4.79 Å². The molecule has 6 nitrogen and oxygen atoms in total. The maximum Gasteiger partial charge on any atom is 0.407 e. The minimum Gasteiger partial charge on any atom is -0.450 e. The van der Waals surface area contributed by atoms with E-state index in [-0.39, 0.29) is 11.8 Å². The Bertz CT molecular complexity index is 334. The number of rotatable bonds is 4. The van der Waals surface area contributed by atoms with Gasteiger partial charge in [-0.05, 0) is 32.9 Å². The van der Waals surface area contributed by atoms with E-state index in [0.717, 1.165) is 26.1 Å². The molecule has 1 rings (SSSR count). The van der Waals surface area contributed by atoms with Gasteiger partial charge in [0.25, 0.3) is 0 Å².